The first kappa shape index (κ1) is 16.8. The average Bonchev–Trinajstić information content (AvgIpc) is 2.63. The molecule has 2 aromatic carbocycles. The van der Waals surface area contributed by atoms with Crippen molar-refractivity contribution in [2.75, 3.05) is 17.7 Å². The molecule has 0 bridgehead atoms. The van der Waals surface area contributed by atoms with Gasteiger partial charge in [-0.05, 0) is 30.7 Å². The second-order valence-electron chi connectivity index (χ2n) is 6.19. The molecule has 5 heteroatoms. The van der Waals surface area contributed by atoms with Crippen molar-refractivity contribution in [3.05, 3.63) is 70.0 Å². The average molecular weight is 335 g/mol. The number of aromatic nitrogens is 1. The maximum atomic E-state index is 12.7. The molecule has 0 saturated carbocycles. The first-order chi connectivity index (χ1) is 11.9. The highest BCUT2D eigenvalue weighted by atomic mass is 16.2. The normalized spacial score (nSPS) is 10.8. The molecule has 0 aliphatic heterocycles. The van der Waals surface area contributed by atoms with E-state index in [1.165, 1.54) is 0 Å². The summed E-state index contributed by atoms with van der Waals surface area (Å²) in [6.07, 6.45) is -0.0336. The van der Waals surface area contributed by atoms with Gasteiger partial charge in [0.1, 0.15) is 0 Å². The Bertz CT molecular complexity index is 1010. The molecule has 1 heterocycles. The summed E-state index contributed by atoms with van der Waals surface area (Å²) in [6.45, 7) is 1.95. The van der Waals surface area contributed by atoms with Crippen LogP contribution in [0.3, 0.4) is 0 Å². The standard InChI is InChI=1S/C20H21N3O2/c1-13-8-7-11-16-18(13)19(21)15(20(25)23(16)3)12-17(24)22(2)14-9-5-4-6-10-14/h4-11H,12,21H2,1-3H3. The fourth-order valence-corrected chi connectivity index (χ4v) is 3.10. The Morgan fingerprint density at radius 3 is 2.48 bits per heavy atom. The molecule has 0 atom stereocenters. The molecule has 1 aromatic heterocycles. The van der Waals surface area contributed by atoms with Crippen molar-refractivity contribution in [1.29, 1.82) is 0 Å². The van der Waals surface area contributed by atoms with Crippen LogP contribution in [0.2, 0.25) is 0 Å². The molecule has 2 N–H and O–H groups in total. The number of nitrogens with zero attached hydrogens (tertiary/aromatic N) is 2. The minimum absolute atomic E-state index is 0.0336. The summed E-state index contributed by atoms with van der Waals surface area (Å²) in [5, 5.41) is 0.828. The van der Waals surface area contributed by atoms with Crippen molar-refractivity contribution < 1.29 is 4.79 Å². The van der Waals surface area contributed by atoms with Crippen LogP contribution in [0.4, 0.5) is 11.4 Å². The summed E-state index contributed by atoms with van der Waals surface area (Å²) in [7, 11) is 3.41. The van der Waals surface area contributed by atoms with E-state index in [-0.39, 0.29) is 17.9 Å². The lowest BCUT2D eigenvalue weighted by molar-refractivity contribution is -0.117. The number of hydrogen-bond acceptors (Lipinski definition) is 3. The molecule has 0 fully saturated rings. The number of nitrogen functional groups attached to an aromatic ring is 1. The Morgan fingerprint density at radius 1 is 1.12 bits per heavy atom. The van der Waals surface area contributed by atoms with Crippen LogP contribution >= 0.6 is 0 Å². The molecular formula is C20H21N3O2. The Hall–Kier alpha value is -3.08. The molecule has 0 spiro atoms. The van der Waals surface area contributed by atoms with Crippen molar-refractivity contribution in [2.24, 2.45) is 7.05 Å². The second-order valence-corrected chi connectivity index (χ2v) is 6.19. The van der Waals surface area contributed by atoms with E-state index >= 15 is 0 Å². The van der Waals surface area contributed by atoms with Crippen LogP contribution in [0.1, 0.15) is 11.1 Å². The molecule has 0 aliphatic carbocycles. The van der Waals surface area contributed by atoms with Gasteiger partial charge in [0, 0.05) is 25.2 Å². The molecule has 0 unspecified atom stereocenters. The SMILES string of the molecule is Cc1cccc2c1c(N)c(CC(=O)N(C)c1ccccc1)c(=O)n2C. The number of amides is 1. The number of pyridine rings is 1. The number of rotatable bonds is 3. The van der Waals surface area contributed by atoms with Crippen molar-refractivity contribution in [1.82, 2.24) is 4.57 Å². The van der Waals surface area contributed by atoms with Crippen LogP contribution in [0.25, 0.3) is 10.9 Å². The lowest BCUT2D eigenvalue weighted by atomic mass is 10.0. The summed E-state index contributed by atoms with van der Waals surface area (Å²) in [5.74, 6) is -0.178. The first-order valence-electron chi connectivity index (χ1n) is 8.10. The van der Waals surface area contributed by atoms with E-state index in [1.54, 1.807) is 23.6 Å². The van der Waals surface area contributed by atoms with Crippen molar-refractivity contribution in [2.45, 2.75) is 13.3 Å². The molecule has 0 aliphatic rings. The predicted molar refractivity (Wildman–Crippen MR) is 102 cm³/mol. The Morgan fingerprint density at radius 2 is 1.80 bits per heavy atom. The van der Waals surface area contributed by atoms with Crippen molar-refractivity contribution in [3.8, 4) is 0 Å². The van der Waals surface area contributed by atoms with Gasteiger partial charge in [-0.1, -0.05) is 30.3 Å². The van der Waals surface area contributed by atoms with Crippen LogP contribution in [-0.2, 0) is 18.3 Å². The maximum Gasteiger partial charge on any atom is 0.256 e. The number of anilines is 2. The molecule has 3 rings (SSSR count). The predicted octanol–water partition coefficient (Wildman–Crippen LogP) is 2.63. The first-order valence-corrected chi connectivity index (χ1v) is 8.10. The van der Waals surface area contributed by atoms with Gasteiger partial charge in [-0.15, -0.1) is 0 Å². The Kier molecular flexibility index (Phi) is 4.31. The third-order valence-electron chi connectivity index (χ3n) is 4.61. The highest BCUT2D eigenvalue weighted by molar-refractivity contribution is 5.99. The van der Waals surface area contributed by atoms with Gasteiger partial charge in [-0.3, -0.25) is 9.59 Å². The molecule has 128 valence electrons. The quantitative estimate of drug-likeness (QED) is 0.800. The van der Waals surface area contributed by atoms with Gasteiger partial charge in [0.15, 0.2) is 0 Å². The van der Waals surface area contributed by atoms with E-state index in [2.05, 4.69) is 0 Å². The zero-order chi connectivity index (χ0) is 18.1. The number of carbonyl (C=O) groups excluding carboxylic acids is 1. The van der Waals surface area contributed by atoms with Gasteiger partial charge in [0.2, 0.25) is 5.91 Å². The van der Waals surface area contributed by atoms with Crippen LogP contribution < -0.4 is 16.2 Å². The van der Waals surface area contributed by atoms with E-state index in [1.807, 2.05) is 55.5 Å². The van der Waals surface area contributed by atoms with E-state index in [9.17, 15) is 9.59 Å². The molecule has 3 aromatic rings. The van der Waals surface area contributed by atoms with Gasteiger partial charge in [0.05, 0.1) is 23.2 Å². The number of carbonyl (C=O) groups is 1. The second kappa shape index (κ2) is 6.43. The smallest absolute Gasteiger partial charge is 0.256 e. The molecule has 5 nitrogen and oxygen atoms in total. The zero-order valence-electron chi connectivity index (χ0n) is 14.6. The highest BCUT2D eigenvalue weighted by Crippen LogP contribution is 2.26. The minimum atomic E-state index is -0.231. The number of aryl methyl sites for hydroxylation is 2. The Labute approximate surface area is 146 Å². The van der Waals surface area contributed by atoms with Crippen molar-refractivity contribution in [3.63, 3.8) is 0 Å². The van der Waals surface area contributed by atoms with E-state index in [0.717, 1.165) is 22.2 Å². The van der Waals surface area contributed by atoms with E-state index in [0.29, 0.717) is 11.3 Å². The van der Waals surface area contributed by atoms with Gasteiger partial charge in [-0.25, -0.2) is 0 Å². The Balaban J connectivity index is 2.06. The molecule has 1 amide bonds. The van der Waals surface area contributed by atoms with Crippen LogP contribution in [-0.4, -0.2) is 17.5 Å². The molecule has 0 radical (unpaired) electrons. The third kappa shape index (κ3) is 2.89. The maximum absolute atomic E-state index is 12.7. The summed E-state index contributed by atoms with van der Waals surface area (Å²) >= 11 is 0. The number of hydrogen-bond donors (Lipinski definition) is 1. The van der Waals surface area contributed by atoms with Gasteiger partial charge >= 0.3 is 0 Å². The summed E-state index contributed by atoms with van der Waals surface area (Å²) < 4.78 is 1.56. The summed E-state index contributed by atoms with van der Waals surface area (Å²) in [6, 6.07) is 15.0. The van der Waals surface area contributed by atoms with Crippen LogP contribution in [0.15, 0.2) is 53.3 Å². The van der Waals surface area contributed by atoms with Crippen LogP contribution in [0, 0.1) is 6.92 Å². The zero-order valence-corrected chi connectivity index (χ0v) is 14.6. The number of fused-ring (bicyclic) bond motifs is 1. The van der Waals surface area contributed by atoms with Gasteiger partial charge in [-0.2, -0.15) is 0 Å². The largest absolute Gasteiger partial charge is 0.398 e. The summed E-state index contributed by atoms with van der Waals surface area (Å²) in [4.78, 5) is 26.9. The number of benzene rings is 2. The van der Waals surface area contributed by atoms with Crippen molar-refractivity contribution >= 4 is 28.2 Å². The molecular weight excluding hydrogens is 314 g/mol. The molecule has 0 saturated heterocycles. The lowest BCUT2D eigenvalue weighted by Crippen LogP contribution is -2.32. The summed E-state index contributed by atoms with van der Waals surface area (Å²) in [5.41, 5.74) is 9.33. The van der Waals surface area contributed by atoms with Gasteiger partial charge in [0.25, 0.3) is 5.56 Å². The lowest BCUT2D eigenvalue weighted by Gasteiger charge is -2.19. The minimum Gasteiger partial charge on any atom is -0.398 e. The molecule has 25 heavy (non-hydrogen) atoms. The van der Waals surface area contributed by atoms with Gasteiger partial charge < -0.3 is 15.2 Å². The van der Waals surface area contributed by atoms with E-state index in [4.69, 9.17) is 5.73 Å². The third-order valence-corrected chi connectivity index (χ3v) is 4.61. The monoisotopic (exact) mass is 335 g/mol. The number of nitrogens with two attached hydrogens (primary N) is 1. The fraction of sp³-hybridized carbons (Fsp3) is 0.200. The topological polar surface area (TPSA) is 68.3 Å². The number of para-hydroxylation sites is 1. The fourth-order valence-electron chi connectivity index (χ4n) is 3.10. The van der Waals surface area contributed by atoms with Crippen LogP contribution in [0.5, 0.6) is 0 Å². The highest BCUT2D eigenvalue weighted by Gasteiger charge is 2.19. The van der Waals surface area contributed by atoms with E-state index < -0.39 is 0 Å². The number of likely N-dealkylation sites (N-methyl/N-ethyl adjacent to an activating group) is 1.